The second-order valence-electron chi connectivity index (χ2n) is 7.80. The summed E-state index contributed by atoms with van der Waals surface area (Å²) in [4.78, 5) is 13.5. The van der Waals surface area contributed by atoms with Crippen LogP contribution in [0.25, 0.3) is 0 Å². The van der Waals surface area contributed by atoms with Gasteiger partial charge in [0.25, 0.3) is 0 Å². The smallest absolute Gasteiger partial charge is 0.191 e. The van der Waals surface area contributed by atoms with E-state index in [2.05, 4.69) is 61.8 Å². The molecule has 2 aliphatic heterocycles. The second-order valence-corrected chi connectivity index (χ2v) is 8.78. The lowest BCUT2D eigenvalue weighted by molar-refractivity contribution is 0.120. The summed E-state index contributed by atoms with van der Waals surface area (Å²) in [5.41, 5.74) is 0. The van der Waals surface area contributed by atoms with E-state index in [-0.39, 0.29) is 0 Å². The minimum atomic E-state index is 0.445. The second kappa shape index (κ2) is 10.4. The van der Waals surface area contributed by atoms with E-state index in [0.717, 1.165) is 45.2 Å². The number of guanidine groups is 1. The molecule has 3 rings (SSSR count). The van der Waals surface area contributed by atoms with Crippen molar-refractivity contribution in [2.75, 3.05) is 66.5 Å². The van der Waals surface area contributed by atoms with Gasteiger partial charge in [-0.25, -0.2) is 0 Å². The topological polar surface area (TPSA) is 46.1 Å². The average molecular weight is 393 g/mol. The lowest BCUT2D eigenvalue weighted by atomic mass is 10.2. The highest BCUT2D eigenvalue weighted by Gasteiger charge is 2.24. The van der Waals surface area contributed by atoms with Gasteiger partial charge in [0.15, 0.2) is 5.96 Å². The van der Waals surface area contributed by atoms with Crippen LogP contribution in [-0.4, -0.2) is 93.2 Å². The molecule has 27 heavy (non-hydrogen) atoms. The molecule has 0 spiro atoms. The summed E-state index contributed by atoms with van der Waals surface area (Å²) in [7, 11) is 4.07. The van der Waals surface area contributed by atoms with Crippen LogP contribution < -0.4 is 10.6 Å². The Balaban J connectivity index is 1.47. The summed E-state index contributed by atoms with van der Waals surface area (Å²) in [6.45, 7) is 11.2. The molecule has 0 amide bonds. The maximum Gasteiger partial charge on any atom is 0.191 e. The molecule has 3 heterocycles. The monoisotopic (exact) mass is 392 g/mol. The molecule has 2 saturated heterocycles. The van der Waals surface area contributed by atoms with Gasteiger partial charge in [-0.3, -0.25) is 14.8 Å². The number of rotatable bonds is 7. The summed E-state index contributed by atoms with van der Waals surface area (Å²) in [5, 5.41) is 9.30. The number of hydrogen-bond acceptors (Lipinski definition) is 5. The molecule has 2 unspecified atom stereocenters. The maximum atomic E-state index is 4.45. The van der Waals surface area contributed by atoms with E-state index < -0.39 is 0 Å². The van der Waals surface area contributed by atoms with Gasteiger partial charge in [-0.05, 0) is 51.3 Å². The minimum absolute atomic E-state index is 0.445. The van der Waals surface area contributed by atoms with Crippen LogP contribution in [0.1, 0.15) is 30.7 Å². The molecule has 1 aromatic heterocycles. The van der Waals surface area contributed by atoms with Gasteiger partial charge in [0, 0.05) is 57.2 Å². The molecule has 2 aliphatic rings. The van der Waals surface area contributed by atoms with Gasteiger partial charge >= 0.3 is 0 Å². The minimum Gasteiger partial charge on any atom is -0.355 e. The van der Waals surface area contributed by atoms with E-state index in [1.54, 1.807) is 0 Å². The molecule has 2 N–H and O–H groups in total. The van der Waals surface area contributed by atoms with Crippen molar-refractivity contribution in [1.82, 2.24) is 25.3 Å². The van der Waals surface area contributed by atoms with Crippen LogP contribution in [0.5, 0.6) is 0 Å². The molecule has 0 saturated carbocycles. The van der Waals surface area contributed by atoms with Crippen molar-refractivity contribution in [3.8, 4) is 0 Å². The summed E-state index contributed by atoms with van der Waals surface area (Å²) < 4.78 is 0. The summed E-state index contributed by atoms with van der Waals surface area (Å²) in [6.07, 6.45) is 2.63. The first-order valence-electron chi connectivity index (χ1n) is 10.3. The highest BCUT2D eigenvalue weighted by atomic mass is 32.1. The van der Waals surface area contributed by atoms with E-state index in [0.29, 0.717) is 12.1 Å². The van der Waals surface area contributed by atoms with E-state index in [1.165, 1.54) is 30.8 Å². The van der Waals surface area contributed by atoms with Crippen molar-refractivity contribution in [1.29, 1.82) is 0 Å². The molecule has 2 atom stereocenters. The molecular weight excluding hydrogens is 356 g/mol. The highest BCUT2D eigenvalue weighted by molar-refractivity contribution is 7.10. The van der Waals surface area contributed by atoms with Gasteiger partial charge in [0.2, 0.25) is 0 Å². The predicted molar refractivity (Wildman–Crippen MR) is 116 cm³/mol. The van der Waals surface area contributed by atoms with Crippen molar-refractivity contribution in [2.45, 2.75) is 31.8 Å². The third-order valence-electron chi connectivity index (χ3n) is 5.87. The van der Waals surface area contributed by atoms with Gasteiger partial charge in [0.05, 0.1) is 6.04 Å². The van der Waals surface area contributed by atoms with Crippen LogP contribution in [0.15, 0.2) is 22.5 Å². The molecular formula is C20H36N6S. The van der Waals surface area contributed by atoms with Crippen LogP contribution in [0.3, 0.4) is 0 Å². The van der Waals surface area contributed by atoms with E-state index in [4.69, 9.17) is 0 Å². The van der Waals surface area contributed by atoms with Crippen LogP contribution in [0.4, 0.5) is 0 Å². The summed E-state index contributed by atoms with van der Waals surface area (Å²) in [6, 6.07) is 5.39. The largest absolute Gasteiger partial charge is 0.355 e. The van der Waals surface area contributed by atoms with Crippen molar-refractivity contribution >= 4 is 17.3 Å². The molecule has 6 nitrogen and oxygen atoms in total. The highest BCUT2D eigenvalue weighted by Crippen LogP contribution is 2.27. The van der Waals surface area contributed by atoms with Crippen LogP contribution >= 0.6 is 11.3 Å². The molecule has 2 fully saturated rings. The molecule has 1 aromatic rings. The first-order valence-corrected chi connectivity index (χ1v) is 11.2. The zero-order valence-electron chi connectivity index (χ0n) is 17.2. The molecule has 0 aromatic carbocycles. The number of aliphatic imine (C=N–C) groups is 1. The Morgan fingerprint density at radius 3 is 2.41 bits per heavy atom. The number of thiophene rings is 1. The van der Waals surface area contributed by atoms with Crippen molar-refractivity contribution in [3.63, 3.8) is 0 Å². The fourth-order valence-corrected chi connectivity index (χ4v) is 4.85. The standard InChI is InChI=1S/C20H36N6S/c1-17(25-12-10-24(3)11-13-25)15-22-20(21-2)23-16-18(19-7-6-14-27-19)26-8-4-5-9-26/h6-7,14,17-18H,4-5,8-13,15-16H2,1-3H3,(H2,21,22,23). The first kappa shape index (κ1) is 20.6. The number of piperazine rings is 1. The SMILES string of the molecule is CN=C(NCC(C)N1CCN(C)CC1)NCC(c1cccs1)N1CCCC1. The molecule has 0 aliphatic carbocycles. The Morgan fingerprint density at radius 2 is 1.78 bits per heavy atom. The van der Waals surface area contributed by atoms with Crippen molar-refractivity contribution in [3.05, 3.63) is 22.4 Å². The van der Waals surface area contributed by atoms with Gasteiger partial charge in [-0.1, -0.05) is 6.07 Å². The fourth-order valence-electron chi connectivity index (χ4n) is 3.99. The van der Waals surface area contributed by atoms with E-state index >= 15 is 0 Å². The van der Waals surface area contributed by atoms with E-state index in [9.17, 15) is 0 Å². The third-order valence-corrected chi connectivity index (χ3v) is 6.84. The van der Waals surface area contributed by atoms with Crippen LogP contribution in [0.2, 0.25) is 0 Å². The van der Waals surface area contributed by atoms with Gasteiger partial charge in [0.1, 0.15) is 0 Å². The Labute approximate surface area is 168 Å². The molecule has 0 bridgehead atoms. The lowest BCUT2D eigenvalue weighted by Gasteiger charge is -2.36. The Bertz CT molecular complexity index is 561. The Kier molecular flexibility index (Phi) is 7.93. The van der Waals surface area contributed by atoms with Crippen molar-refractivity contribution < 1.29 is 0 Å². The number of likely N-dealkylation sites (N-methyl/N-ethyl adjacent to an activating group) is 1. The molecule has 0 radical (unpaired) electrons. The van der Waals surface area contributed by atoms with Crippen molar-refractivity contribution in [2.24, 2.45) is 4.99 Å². The van der Waals surface area contributed by atoms with Gasteiger partial charge < -0.3 is 15.5 Å². The quantitative estimate of drug-likeness (QED) is 0.546. The van der Waals surface area contributed by atoms with E-state index in [1.807, 2.05) is 18.4 Å². The number of nitrogens with zero attached hydrogens (tertiary/aromatic N) is 4. The summed E-state index contributed by atoms with van der Waals surface area (Å²) in [5.74, 6) is 0.914. The number of hydrogen-bond donors (Lipinski definition) is 2. The number of nitrogens with one attached hydrogen (secondary N) is 2. The predicted octanol–water partition coefficient (Wildman–Crippen LogP) is 1.69. The average Bonchev–Trinajstić information content (AvgIpc) is 3.39. The molecule has 152 valence electrons. The lowest BCUT2D eigenvalue weighted by Crippen LogP contribution is -2.52. The first-order chi connectivity index (χ1) is 13.2. The zero-order valence-corrected chi connectivity index (χ0v) is 18.0. The van der Waals surface area contributed by atoms with Gasteiger partial charge in [-0.2, -0.15) is 0 Å². The Morgan fingerprint density at radius 1 is 1.07 bits per heavy atom. The zero-order chi connectivity index (χ0) is 19.1. The fraction of sp³-hybridized carbons (Fsp3) is 0.750. The Hall–Kier alpha value is -1.15. The number of likely N-dealkylation sites (tertiary alicyclic amines) is 1. The molecule has 7 heteroatoms. The summed E-state index contributed by atoms with van der Waals surface area (Å²) >= 11 is 1.86. The third kappa shape index (κ3) is 5.91. The van der Waals surface area contributed by atoms with Crippen LogP contribution in [-0.2, 0) is 0 Å². The maximum absolute atomic E-state index is 4.45. The van der Waals surface area contributed by atoms with Gasteiger partial charge in [-0.15, -0.1) is 11.3 Å². The van der Waals surface area contributed by atoms with Crippen LogP contribution in [0, 0.1) is 0 Å². The normalized spacial score (nSPS) is 22.7.